The van der Waals surface area contributed by atoms with Gasteiger partial charge in [0.2, 0.25) is 0 Å². The van der Waals surface area contributed by atoms with E-state index in [4.69, 9.17) is 0 Å². The van der Waals surface area contributed by atoms with Gasteiger partial charge in [0, 0.05) is 18.1 Å². The lowest BCUT2D eigenvalue weighted by atomic mass is 10.1. The molecule has 96 valence electrons. The van der Waals surface area contributed by atoms with Gasteiger partial charge in [-0.1, -0.05) is 6.92 Å². The smallest absolute Gasteiger partial charge is 0.338 e. The number of nitrogens with one attached hydrogen (secondary N) is 1. The number of aromatic nitrogens is 1. The van der Waals surface area contributed by atoms with E-state index < -0.39 is 11.6 Å². The van der Waals surface area contributed by atoms with Gasteiger partial charge in [-0.15, -0.1) is 11.3 Å². The van der Waals surface area contributed by atoms with Crippen molar-refractivity contribution in [2.24, 2.45) is 0 Å². The number of rotatable bonds is 6. The molecule has 1 aromatic rings. The van der Waals surface area contributed by atoms with E-state index in [0.717, 1.165) is 11.4 Å². The molecule has 0 spiro atoms. The third-order valence-corrected chi connectivity index (χ3v) is 3.36. The van der Waals surface area contributed by atoms with Crippen LogP contribution in [0.5, 0.6) is 0 Å². The lowest BCUT2D eigenvalue weighted by Crippen LogP contribution is -2.46. The topological polar surface area (TPSA) is 71.5 Å². The Balaban J connectivity index is 2.57. The third kappa shape index (κ3) is 3.76. The first-order valence-corrected chi connectivity index (χ1v) is 6.32. The summed E-state index contributed by atoms with van der Waals surface area (Å²) in [4.78, 5) is 15.5. The molecule has 0 bridgehead atoms. The van der Waals surface area contributed by atoms with Crippen molar-refractivity contribution in [1.29, 1.82) is 0 Å². The van der Waals surface area contributed by atoms with Crippen molar-refractivity contribution in [3.63, 3.8) is 0 Å². The van der Waals surface area contributed by atoms with E-state index in [9.17, 15) is 9.90 Å². The van der Waals surface area contributed by atoms with Gasteiger partial charge in [0.05, 0.1) is 13.2 Å². The van der Waals surface area contributed by atoms with Gasteiger partial charge in [0.15, 0.2) is 5.60 Å². The van der Waals surface area contributed by atoms with Crippen LogP contribution >= 0.6 is 11.3 Å². The Labute approximate surface area is 105 Å². The van der Waals surface area contributed by atoms with Gasteiger partial charge in [-0.05, 0) is 13.3 Å². The summed E-state index contributed by atoms with van der Waals surface area (Å²) in [7, 11) is 1.26. The van der Waals surface area contributed by atoms with Gasteiger partial charge in [-0.25, -0.2) is 9.78 Å². The number of methoxy groups -OCH3 is 1. The molecule has 17 heavy (non-hydrogen) atoms. The van der Waals surface area contributed by atoms with Gasteiger partial charge in [0.1, 0.15) is 5.01 Å². The fraction of sp³-hybridized carbons (Fsp3) is 0.636. The highest BCUT2D eigenvalue weighted by atomic mass is 32.1. The van der Waals surface area contributed by atoms with E-state index in [1.54, 1.807) is 17.5 Å². The molecular formula is C11H18N2O3S. The maximum atomic E-state index is 11.3. The number of carbonyl (C=O) groups is 1. The molecule has 6 heteroatoms. The first kappa shape index (κ1) is 14.1. The van der Waals surface area contributed by atoms with E-state index in [1.807, 2.05) is 12.3 Å². The first-order chi connectivity index (χ1) is 8.01. The molecule has 2 atom stereocenters. The molecule has 1 heterocycles. The molecule has 0 aliphatic rings. The zero-order chi connectivity index (χ0) is 12.9. The summed E-state index contributed by atoms with van der Waals surface area (Å²) in [6, 6.07) is 0.0473. The molecule has 0 fully saturated rings. The van der Waals surface area contributed by atoms with E-state index in [0.29, 0.717) is 0 Å². The summed E-state index contributed by atoms with van der Waals surface area (Å²) in [6.45, 7) is 3.59. The maximum absolute atomic E-state index is 11.3. The van der Waals surface area contributed by atoms with E-state index in [-0.39, 0.29) is 12.6 Å². The zero-order valence-electron chi connectivity index (χ0n) is 10.3. The Kier molecular flexibility index (Phi) is 5.04. The normalized spacial score (nSPS) is 16.2. The van der Waals surface area contributed by atoms with E-state index in [2.05, 4.69) is 15.0 Å². The Morgan fingerprint density at radius 2 is 2.47 bits per heavy atom. The molecule has 0 radical (unpaired) electrons. The number of hydrogen-bond acceptors (Lipinski definition) is 6. The standard InChI is InChI=1S/C11H18N2O3S/c1-4-8(9-12-5-6-17-9)13-7-11(2,15)10(14)16-3/h5-6,8,13,15H,4,7H2,1-3H3. The van der Waals surface area contributed by atoms with Crippen LogP contribution in [0.25, 0.3) is 0 Å². The van der Waals surface area contributed by atoms with E-state index >= 15 is 0 Å². The minimum Gasteiger partial charge on any atom is -0.467 e. The quantitative estimate of drug-likeness (QED) is 0.748. The van der Waals surface area contributed by atoms with Gasteiger partial charge in [-0.2, -0.15) is 0 Å². The molecule has 2 N–H and O–H groups in total. The Morgan fingerprint density at radius 3 is 2.94 bits per heavy atom. The predicted molar refractivity (Wildman–Crippen MR) is 65.8 cm³/mol. The second-order valence-corrected chi connectivity index (χ2v) is 4.90. The minimum absolute atomic E-state index is 0.0473. The average Bonchev–Trinajstić information content (AvgIpc) is 2.82. The molecule has 5 nitrogen and oxygen atoms in total. The number of ether oxygens (including phenoxy) is 1. The van der Waals surface area contributed by atoms with Crippen LogP contribution in [0.2, 0.25) is 0 Å². The van der Waals surface area contributed by atoms with Crippen molar-refractivity contribution in [2.75, 3.05) is 13.7 Å². The molecule has 1 rings (SSSR count). The van der Waals surface area contributed by atoms with Crippen LogP contribution in [0.15, 0.2) is 11.6 Å². The number of nitrogens with zero attached hydrogens (tertiary/aromatic N) is 1. The summed E-state index contributed by atoms with van der Waals surface area (Å²) in [5, 5.41) is 15.8. The Morgan fingerprint density at radius 1 is 1.76 bits per heavy atom. The van der Waals surface area contributed by atoms with Gasteiger partial charge >= 0.3 is 5.97 Å². The highest BCUT2D eigenvalue weighted by Gasteiger charge is 2.32. The SMILES string of the molecule is CCC(NCC(C)(O)C(=O)OC)c1nccs1. The molecule has 1 aromatic heterocycles. The van der Waals surface area contributed by atoms with Crippen LogP contribution in [0.1, 0.15) is 31.3 Å². The Hall–Kier alpha value is -0.980. The largest absolute Gasteiger partial charge is 0.467 e. The maximum Gasteiger partial charge on any atom is 0.338 e. The zero-order valence-corrected chi connectivity index (χ0v) is 11.1. The predicted octanol–water partition coefficient (Wildman–Crippen LogP) is 1.11. The molecule has 0 aliphatic carbocycles. The minimum atomic E-state index is -1.51. The van der Waals surface area contributed by atoms with Gasteiger partial charge < -0.3 is 15.2 Å². The fourth-order valence-corrected chi connectivity index (χ4v) is 2.22. The van der Waals surface area contributed by atoms with Crippen molar-refractivity contribution in [2.45, 2.75) is 31.9 Å². The first-order valence-electron chi connectivity index (χ1n) is 5.44. The average molecular weight is 258 g/mol. The summed E-state index contributed by atoms with van der Waals surface area (Å²) in [5.41, 5.74) is -1.51. The number of esters is 1. The summed E-state index contributed by atoms with van der Waals surface area (Å²) < 4.78 is 4.53. The van der Waals surface area contributed by atoms with Crippen LogP contribution < -0.4 is 5.32 Å². The lowest BCUT2D eigenvalue weighted by molar-refractivity contribution is -0.160. The van der Waals surface area contributed by atoms with E-state index in [1.165, 1.54) is 14.0 Å². The van der Waals surface area contributed by atoms with Crippen molar-refractivity contribution in [1.82, 2.24) is 10.3 Å². The van der Waals surface area contributed by atoms with Crippen LogP contribution in [-0.4, -0.2) is 35.3 Å². The molecule has 0 amide bonds. The van der Waals surface area contributed by atoms with Crippen molar-refractivity contribution in [3.05, 3.63) is 16.6 Å². The number of aliphatic hydroxyl groups is 1. The lowest BCUT2D eigenvalue weighted by Gasteiger charge is -2.23. The number of hydrogen-bond donors (Lipinski definition) is 2. The van der Waals surface area contributed by atoms with Crippen LogP contribution in [0, 0.1) is 0 Å². The molecular weight excluding hydrogens is 240 g/mol. The second-order valence-electron chi connectivity index (χ2n) is 3.98. The number of thiazole rings is 1. The van der Waals surface area contributed by atoms with Gasteiger partial charge in [-0.3, -0.25) is 0 Å². The fourth-order valence-electron chi connectivity index (χ4n) is 1.43. The molecule has 0 aliphatic heterocycles. The van der Waals surface area contributed by atoms with Crippen LogP contribution in [0.3, 0.4) is 0 Å². The molecule has 0 aromatic carbocycles. The molecule has 2 unspecified atom stereocenters. The monoisotopic (exact) mass is 258 g/mol. The van der Waals surface area contributed by atoms with Crippen LogP contribution in [-0.2, 0) is 9.53 Å². The highest BCUT2D eigenvalue weighted by Crippen LogP contribution is 2.19. The Bertz CT molecular complexity index is 352. The molecule has 0 saturated carbocycles. The summed E-state index contributed by atoms with van der Waals surface area (Å²) >= 11 is 1.55. The molecule has 0 saturated heterocycles. The van der Waals surface area contributed by atoms with Crippen molar-refractivity contribution < 1.29 is 14.6 Å². The van der Waals surface area contributed by atoms with Crippen molar-refractivity contribution in [3.8, 4) is 0 Å². The van der Waals surface area contributed by atoms with Crippen molar-refractivity contribution >= 4 is 17.3 Å². The second kappa shape index (κ2) is 6.09. The number of carbonyl (C=O) groups excluding carboxylic acids is 1. The van der Waals surface area contributed by atoms with Crippen LogP contribution in [0.4, 0.5) is 0 Å². The summed E-state index contributed by atoms with van der Waals surface area (Å²) in [6.07, 6.45) is 2.58. The van der Waals surface area contributed by atoms with Gasteiger partial charge in [0.25, 0.3) is 0 Å². The summed E-state index contributed by atoms with van der Waals surface area (Å²) in [5.74, 6) is -0.640. The highest BCUT2D eigenvalue weighted by molar-refractivity contribution is 7.09. The third-order valence-electron chi connectivity index (χ3n) is 2.48.